The van der Waals surface area contributed by atoms with Gasteiger partial charge in [-0.1, -0.05) is 30.9 Å². The fourth-order valence-electron chi connectivity index (χ4n) is 4.18. The van der Waals surface area contributed by atoms with E-state index in [0.29, 0.717) is 16.4 Å². The Labute approximate surface area is 173 Å². The van der Waals surface area contributed by atoms with Gasteiger partial charge in [0, 0.05) is 16.5 Å². The summed E-state index contributed by atoms with van der Waals surface area (Å²) in [6.45, 7) is 1.81. The van der Waals surface area contributed by atoms with Gasteiger partial charge in [0.25, 0.3) is 5.91 Å². The lowest BCUT2D eigenvalue weighted by Crippen LogP contribution is -2.42. The minimum atomic E-state index is -0.814. The van der Waals surface area contributed by atoms with Gasteiger partial charge in [-0.3, -0.25) is 14.5 Å². The minimum absolute atomic E-state index is 0.0504. The zero-order valence-corrected chi connectivity index (χ0v) is 17.0. The molecule has 2 atom stereocenters. The van der Waals surface area contributed by atoms with Crippen LogP contribution in [0, 0.1) is 0 Å². The van der Waals surface area contributed by atoms with E-state index in [1.54, 1.807) is 25.1 Å². The van der Waals surface area contributed by atoms with Crippen LogP contribution in [0.25, 0.3) is 11.0 Å². The molecule has 154 valence electrons. The molecule has 0 radical (unpaired) electrons. The van der Waals surface area contributed by atoms with Gasteiger partial charge in [0.2, 0.25) is 5.91 Å². The number of hydrogen-bond donors (Lipinski definition) is 2. The fraction of sp³-hybridized carbons (Fsp3) is 0.476. The van der Waals surface area contributed by atoms with Crippen molar-refractivity contribution in [2.45, 2.75) is 63.6 Å². The van der Waals surface area contributed by atoms with E-state index in [4.69, 9.17) is 16.0 Å². The Bertz CT molecular complexity index is 951. The number of nitrogens with one attached hydrogen (secondary N) is 2. The second-order valence-corrected chi connectivity index (χ2v) is 8.26. The molecule has 29 heavy (non-hydrogen) atoms. The van der Waals surface area contributed by atoms with Crippen molar-refractivity contribution in [3.63, 3.8) is 0 Å². The molecule has 1 aromatic heterocycles. The molecule has 2 N–H and O–H groups in total. The lowest BCUT2D eigenvalue weighted by Gasteiger charge is -2.28. The molecule has 1 aromatic carbocycles. The molecule has 0 spiro atoms. The van der Waals surface area contributed by atoms with Gasteiger partial charge in [-0.15, -0.1) is 0 Å². The molecule has 2 heterocycles. The maximum Gasteiger partial charge on any atom is 0.325 e. The number of rotatable bonds is 5. The van der Waals surface area contributed by atoms with Crippen molar-refractivity contribution >= 4 is 40.4 Å². The Kier molecular flexibility index (Phi) is 5.50. The molecule has 2 fully saturated rings. The molecule has 2 aromatic rings. The number of urea groups is 1. The number of imide groups is 1. The SMILES string of the molecule is C[C@H](NC(=O)C[C@@H]1NC(=O)N(C2CCCCC2)C1=O)c1cc2cc(Cl)ccc2o1. The first-order valence-corrected chi connectivity index (χ1v) is 10.4. The quantitative estimate of drug-likeness (QED) is 0.721. The smallest absolute Gasteiger partial charge is 0.325 e. The zero-order valence-electron chi connectivity index (χ0n) is 16.2. The Morgan fingerprint density at radius 2 is 2.03 bits per heavy atom. The van der Waals surface area contributed by atoms with Gasteiger partial charge in [-0.05, 0) is 44.0 Å². The Balaban J connectivity index is 1.37. The van der Waals surface area contributed by atoms with E-state index in [1.807, 2.05) is 6.07 Å². The van der Waals surface area contributed by atoms with Crippen LogP contribution in [0.3, 0.4) is 0 Å². The monoisotopic (exact) mass is 417 g/mol. The van der Waals surface area contributed by atoms with Crippen molar-refractivity contribution in [3.05, 3.63) is 35.0 Å². The van der Waals surface area contributed by atoms with Crippen LogP contribution in [0.2, 0.25) is 5.02 Å². The van der Waals surface area contributed by atoms with E-state index < -0.39 is 6.04 Å². The first-order valence-electron chi connectivity index (χ1n) is 10.0. The summed E-state index contributed by atoms with van der Waals surface area (Å²) in [7, 11) is 0. The second kappa shape index (κ2) is 8.06. The van der Waals surface area contributed by atoms with Crippen LogP contribution < -0.4 is 10.6 Å². The molecular weight excluding hydrogens is 394 g/mol. The van der Waals surface area contributed by atoms with Gasteiger partial charge in [0.05, 0.1) is 12.5 Å². The number of nitrogens with zero attached hydrogens (tertiary/aromatic N) is 1. The van der Waals surface area contributed by atoms with E-state index in [-0.39, 0.29) is 36.3 Å². The molecule has 2 aliphatic rings. The Morgan fingerprint density at radius 1 is 1.28 bits per heavy atom. The van der Waals surface area contributed by atoms with E-state index in [1.165, 1.54) is 4.90 Å². The minimum Gasteiger partial charge on any atom is -0.459 e. The number of fused-ring (bicyclic) bond motifs is 1. The highest BCUT2D eigenvalue weighted by Crippen LogP contribution is 2.27. The number of amides is 4. The topological polar surface area (TPSA) is 91.7 Å². The standard InChI is InChI=1S/C21H24ClN3O4/c1-12(18-10-13-9-14(22)7-8-17(13)29-18)23-19(26)11-16-20(27)25(21(28)24-16)15-5-3-2-4-6-15/h7-10,12,15-16H,2-6,11H2,1H3,(H,23,26)(H,24,28)/t12-,16-/m0/s1. The largest absolute Gasteiger partial charge is 0.459 e. The van der Waals surface area contributed by atoms with Crippen LogP contribution in [0.15, 0.2) is 28.7 Å². The molecule has 7 nitrogen and oxygen atoms in total. The molecule has 1 aliphatic heterocycles. The normalized spacial score (nSPS) is 21.4. The van der Waals surface area contributed by atoms with Crippen LogP contribution in [-0.2, 0) is 9.59 Å². The number of furan rings is 1. The molecule has 0 unspecified atom stereocenters. The van der Waals surface area contributed by atoms with Gasteiger partial charge in [-0.25, -0.2) is 4.79 Å². The number of hydrogen-bond acceptors (Lipinski definition) is 4. The number of carbonyl (C=O) groups excluding carboxylic acids is 3. The van der Waals surface area contributed by atoms with Crippen LogP contribution in [0.1, 0.15) is 57.3 Å². The third-order valence-electron chi connectivity index (χ3n) is 5.68. The average Bonchev–Trinajstić information content (AvgIpc) is 3.23. The zero-order chi connectivity index (χ0) is 20.5. The van der Waals surface area contributed by atoms with Gasteiger partial charge in [0.1, 0.15) is 17.4 Å². The highest BCUT2D eigenvalue weighted by molar-refractivity contribution is 6.31. The lowest BCUT2D eigenvalue weighted by atomic mass is 9.94. The number of benzene rings is 1. The molecule has 4 rings (SSSR count). The summed E-state index contributed by atoms with van der Waals surface area (Å²) in [5.74, 6) is -0.0237. The summed E-state index contributed by atoms with van der Waals surface area (Å²) in [5, 5.41) is 6.97. The molecule has 4 amide bonds. The number of halogens is 1. The third kappa shape index (κ3) is 4.10. The van der Waals surface area contributed by atoms with Crippen molar-refractivity contribution in [3.8, 4) is 0 Å². The summed E-state index contributed by atoms with van der Waals surface area (Å²) in [5.41, 5.74) is 0.687. The van der Waals surface area contributed by atoms with E-state index in [0.717, 1.165) is 37.5 Å². The fourth-order valence-corrected chi connectivity index (χ4v) is 4.36. The van der Waals surface area contributed by atoms with Gasteiger partial charge < -0.3 is 15.1 Å². The van der Waals surface area contributed by atoms with Crippen molar-refractivity contribution in [1.82, 2.24) is 15.5 Å². The van der Waals surface area contributed by atoms with Crippen LogP contribution in [0.5, 0.6) is 0 Å². The van der Waals surface area contributed by atoms with E-state index >= 15 is 0 Å². The lowest BCUT2D eigenvalue weighted by molar-refractivity contribution is -0.132. The molecule has 8 heteroatoms. The summed E-state index contributed by atoms with van der Waals surface area (Å²) in [4.78, 5) is 38.8. The maximum atomic E-state index is 12.7. The molecular formula is C21H24ClN3O4. The number of carbonyl (C=O) groups is 3. The van der Waals surface area contributed by atoms with E-state index in [9.17, 15) is 14.4 Å². The highest BCUT2D eigenvalue weighted by Gasteiger charge is 2.43. The highest BCUT2D eigenvalue weighted by atomic mass is 35.5. The predicted molar refractivity (Wildman–Crippen MR) is 108 cm³/mol. The van der Waals surface area contributed by atoms with Crippen molar-refractivity contribution in [2.75, 3.05) is 0 Å². The summed E-state index contributed by atoms with van der Waals surface area (Å²) in [6, 6.07) is 5.52. The van der Waals surface area contributed by atoms with E-state index in [2.05, 4.69) is 10.6 Å². The molecule has 1 saturated carbocycles. The van der Waals surface area contributed by atoms with Crippen molar-refractivity contribution in [1.29, 1.82) is 0 Å². The first kappa shape index (κ1) is 19.8. The molecule has 0 bridgehead atoms. The van der Waals surface area contributed by atoms with Crippen LogP contribution in [-0.4, -0.2) is 34.8 Å². The third-order valence-corrected chi connectivity index (χ3v) is 5.92. The maximum absolute atomic E-state index is 12.7. The van der Waals surface area contributed by atoms with Gasteiger partial charge in [-0.2, -0.15) is 0 Å². The van der Waals surface area contributed by atoms with Crippen molar-refractivity contribution in [2.24, 2.45) is 0 Å². The molecule has 1 saturated heterocycles. The Morgan fingerprint density at radius 3 is 2.79 bits per heavy atom. The second-order valence-electron chi connectivity index (χ2n) is 7.83. The molecule has 1 aliphatic carbocycles. The predicted octanol–water partition coefficient (Wildman–Crippen LogP) is 3.91. The summed E-state index contributed by atoms with van der Waals surface area (Å²) >= 11 is 6.00. The van der Waals surface area contributed by atoms with Crippen molar-refractivity contribution < 1.29 is 18.8 Å². The average molecular weight is 418 g/mol. The Hall–Kier alpha value is -2.54. The first-order chi connectivity index (χ1) is 13.9. The summed E-state index contributed by atoms with van der Waals surface area (Å²) in [6.07, 6.45) is 4.76. The van der Waals surface area contributed by atoms with Crippen LogP contribution in [0.4, 0.5) is 4.79 Å². The van der Waals surface area contributed by atoms with Crippen LogP contribution >= 0.6 is 11.6 Å². The van der Waals surface area contributed by atoms with Gasteiger partial charge in [0.15, 0.2) is 0 Å². The van der Waals surface area contributed by atoms with Gasteiger partial charge >= 0.3 is 6.03 Å². The summed E-state index contributed by atoms with van der Waals surface area (Å²) < 4.78 is 5.77.